The average molecular weight is 681 g/mol. The Bertz CT molecular complexity index is 4770. The molecule has 0 radical (unpaired) electrons. The number of pyridine rings is 1. The molecule has 11 rings (SSSR count). The minimum absolute atomic E-state index is 0.451. The standard InChI is InChI=1S/C47H30N4/c1-2-13-31(14-3-1)32-15-12-16-33(27-32)49-41-21-8-4-19-37(41)39-26-25-34(28-45(39)49)50-42-22-9-7-20-38(42)40-29-47(48-30-46(40)50)51-43-23-10-5-17-35(43)36-18-6-11-24-44(36)51/h1-30H/i1D,2D,3D,4D,5D,6D,7D,8D,9D,10D,11D,12D,13D,14D,15D,16D,17D,18D,19D,20D,21D,22D,23D,24D,25D,26D,27D,28D,29D,30D. The first-order valence-corrected chi connectivity index (χ1v) is 15.0. The molecule has 11 aromatic rings. The Balaban J connectivity index is 1.38. The third-order valence-corrected chi connectivity index (χ3v) is 8.30. The molecule has 0 bridgehead atoms. The fraction of sp³-hybridized carbons (Fsp3) is 0. The van der Waals surface area contributed by atoms with Gasteiger partial charge in [-0.05, 0) is 65.5 Å². The van der Waals surface area contributed by atoms with E-state index < -0.39 is 275 Å². The van der Waals surface area contributed by atoms with Crippen LogP contribution in [-0.4, -0.2) is 18.7 Å². The maximum atomic E-state index is 10.2. The highest BCUT2D eigenvalue weighted by atomic mass is 15.1. The van der Waals surface area contributed by atoms with Gasteiger partial charge in [0.2, 0.25) is 0 Å². The number of para-hydroxylation sites is 4. The van der Waals surface area contributed by atoms with Crippen LogP contribution in [0.15, 0.2) is 181 Å². The van der Waals surface area contributed by atoms with Crippen LogP contribution in [0.4, 0.5) is 0 Å². The van der Waals surface area contributed by atoms with E-state index in [1.807, 2.05) is 0 Å². The van der Waals surface area contributed by atoms with Gasteiger partial charge in [-0.15, -0.1) is 0 Å². The second-order valence-corrected chi connectivity index (χ2v) is 11.0. The summed E-state index contributed by atoms with van der Waals surface area (Å²) >= 11 is 0. The molecule has 0 saturated carbocycles. The summed E-state index contributed by atoms with van der Waals surface area (Å²) in [6.07, 6.45) is -1.03. The molecule has 0 saturated heterocycles. The molecule has 4 aromatic heterocycles. The Hall–Kier alpha value is -6.91. The lowest BCUT2D eigenvalue weighted by Crippen LogP contribution is -1.99. The maximum Gasteiger partial charge on any atom is 0.138 e. The molecule has 0 unspecified atom stereocenters. The highest BCUT2D eigenvalue weighted by molar-refractivity contribution is 6.13. The van der Waals surface area contributed by atoms with Crippen molar-refractivity contribution in [1.29, 1.82) is 0 Å². The summed E-state index contributed by atoms with van der Waals surface area (Å²) in [5.41, 5.74) is -7.42. The predicted octanol–water partition coefficient (Wildman–Crippen LogP) is 12.0. The number of hydrogen-bond donors (Lipinski definition) is 0. The van der Waals surface area contributed by atoms with Gasteiger partial charge in [0.25, 0.3) is 0 Å². The summed E-state index contributed by atoms with van der Waals surface area (Å²) in [6.45, 7) is 0. The first-order chi connectivity index (χ1) is 37.8. The summed E-state index contributed by atoms with van der Waals surface area (Å²) in [6, 6.07) is -26.8. The monoisotopic (exact) mass is 680 g/mol. The Labute approximate surface area is 335 Å². The van der Waals surface area contributed by atoms with Gasteiger partial charge in [-0.25, -0.2) is 4.98 Å². The van der Waals surface area contributed by atoms with Crippen LogP contribution in [0.5, 0.6) is 0 Å². The summed E-state index contributed by atoms with van der Waals surface area (Å²) < 4.78 is 272. The normalized spacial score (nSPS) is 20.2. The molecule has 7 aromatic carbocycles. The van der Waals surface area contributed by atoms with E-state index in [0.717, 1.165) is 4.57 Å². The molecule has 0 aliphatic heterocycles. The molecule has 238 valence electrons. The van der Waals surface area contributed by atoms with Gasteiger partial charge >= 0.3 is 0 Å². The minimum Gasteiger partial charge on any atom is -0.309 e. The number of benzene rings is 7. The quantitative estimate of drug-likeness (QED) is 0.182. The van der Waals surface area contributed by atoms with E-state index in [1.54, 1.807) is 0 Å². The molecular formula is C47H30N4. The van der Waals surface area contributed by atoms with Crippen LogP contribution in [0, 0.1) is 0 Å². The highest BCUT2D eigenvalue weighted by Gasteiger charge is 2.19. The van der Waals surface area contributed by atoms with Crippen LogP contribution in [0.3, 0.4) is 0 Å². The lowest BCUT2D eigenvalue weighted by molar-refractivity contribution is 1.08. The van der Waals surface area contributed by atoms with Crippen molar-refractivity contribution >= 4 is 65.4 Å². The van der Waals surface area contributed by atoms with Crippen molar-refractivity contribution in [2.75, 3.05) is 0 Å². The van der Waals surface area contributed by atoms with Crippen LogP contribution in [0.2, 0.25) is 0 Å². The molecular weight excluding hydrogens is 621 g/mol. The molecule has 0 spiro atoms. The Morgan fingerprint density at radius 3 is 1.47 bits per heavy atom. The first kappa shape index (κ1) is 11.6. The lowest BCUT2D eigenvalue weighted by Gasteiger charge is -2.12. The Kier molecular flexibility index (Phi) is 2.45. The molecule has 0 N–H and O–H groups in total. The van der Waals surface area contributed by atoms with E-state index in [0.29, 0.717) is 9.13 Å². The van der Waals surface area contributed by atoms with Gasteiger partial charge in [-0.3, -0.25) is 4.57 Å². The van der Waals surface area contributed by atoms with E-state index in [4.69, 9.17) is 27.4 Å². The molecule has 0 atom stereocenters. The second kappa shape index (κ2) is 10.8. The lowest BCUT2D eigenvalue weighted by atomic mass is 10.1. The number of nitrogens with zero attached hydrogens (tertiary/aromatic N) is 4. The SMILES string of the molecule is [2H]c1c([2H])c([2H])c(-c2c([2H])c([2H])c([2H])c(-n3c4c([2H])c([2H])c([2H])c([2H])c4c4c([2H])c([2H])c(-n5c6c([2H])nc(-n7c8c([2H])c([2H])c([2H])c([2H])c8c8c([2H])c([2H])c([2H])c([2H])c87)c([2H])c6c6c([2H])c([2H])c([2H])c([2H])c65)c([2H])c43)c2[2H])c([2H])c1[2H]. The van der Waals surface area contributed by atoms with Crippen LogP contribution >= 0.6 is 0 Å². The number of aromatic nitrogens is 4. The van der Waals surface area contributed by atoms with E-state index in [-0.39, 0.29) is 0 Å². The van der Waals surface area contributed by atoms with Gasteiger partial charge in [0.05, 0.1) is 80.4 Å². The second-order valence-electron chi connectivity index (χ2n) is 11.0. The van der Waals surface area contributed by atoms with E-state index >= 15 is 0 Å². The van der Waals surface area contributed by atoms with Crippen LogP contribution in [0.25, 0.3) is 93.7 Å². The van der Waals surface area contributed by atoms with E-state index in [1.165, 1.54) is 0 Å². The van der Waals surface area contributed by atoms with Gasteiger partial charge in [0.1, 0.15) is 5.82 Å². The molecule has 4 nitrogen and oxygen atoms in total. The van der Waals surface area contributed by atoms with Gasteiger partial charge in [0, 0.05) is 43.7 Å². The van der Waals surface area contributed by atoms with Gasteiger partial charge in [-0.2, -0.15) is 0 Å². The summed E-state index contributed by atoms with van der Waals surface area (Å²) in [4.78, 5) is 4.35. The van der Waals surface area contributed by atoms with Crippen LogP contribution < -0.4 is 0 Å². The zero-order chi connectivity index (χ0) is 59.6. The summed E-state index contributed by atoms with van der Waals surface area (Å²) in [5, 5.41) is -3.41. The van der Waals surface area contributed by atoms with Crippen LogP contribution in [0.1, 0.15) is 41.1 Å². The van der Waals surface area contributed by atoms with Gasteiger partial charge in [-0.1, -0.05) is 121 Å². The molecule has 51 heavy (non-hydrogen) atoms. The largest absolute Gasteiger partial charge is 0.309 e. The Morgan fingerprint density at radius 2 is 0.824 bits per heavy atom. The molecule has 0 aliphatic rings. The Morgan fingerprint density at radius 1 is 0.333 bits per heavy atom. The van der Waals surface area contributed by atoms with Gasteiger partial charge in [0.15, 0.2) is 0 Å². The van der Waals surface area contributed by atoms with E-state index in [2.05, 4.69) is 4.98 Å². The molecule has 4 heteroatoms. The van der Waals surface area contributed by atoms with Crippen molar-refractivity contribution in [1.82, 2.24) is 18.7 Å². The van der Waals surface area contributed by atoms with Crippen molar-refractivity contribution in [3.63, 3.8) is 0 Å². The number of rotatable bonds is 4. The van der Waals surface area contributed by atoms with Crippen molar-refractivity contribution < 1.29 is 41.1 Å². The molecule has 4 heterocycles. The maximum absolute atomic E-state index is 10.2. The third kappa shape index (κ3) is 4.11. The average Bonchev–Trinajstić information content (AvgIpc) is 2.77. The minimum atomic E-state index is -1.07. The van der Waals surface area contributed by atoms with Gasteiger partial charge < -0.3 is 9.13 Å². The van der Waals surface area contributed by atoms with E-state index in [9.17, 15) is 13.7 Å². The molecule has 0 fully saturated rings. The fourth-order valence-corrected chi connectivity index (χ4v) is 6.21. The first-order valence-electron chi connectivity index (χ1n) is 30.0. The number of fused-ring (bicyclic) bond motifs is 9. The van der Waals surface area contributed by atoms with Crippen molar-refractivity contribution in [3.8, 4) is 28.3 Å². The topological polar surface area (TPSA) is 27.7 Å². The summed E-state index contributed by atoms with van der Waals surface area (Å²) in [7, 11) is 0. The third-order valence-electron chi connectivity index (χ3n) is 8.30. The summed E-state index contributed by atoms with van der Waals surface area (Å²) in [5.74, 6) is -0.781. The van der Waals surface area contributed by atoms with Crippen molar-refractivity contribution in [3.05, 3.63) is 181 Å². The zero-order valence-corrected chi connectivity index (χ0v) is 25.3. The van der Waals surface area contributed by atoms with Crippen molar-refractivity contribution in [2.24, 2.45) is 0 Å². The van der Waals surface area contributed by atoms with Crippen molar-refractivity contribution in [2.45, 2.75) is 0 Å². The smallest absolute Gasteiger partial charge is 0.138 e. The molecule has 0 aliphatic carbocycles. The molecule has 0 amide bonds. The van der Waals surface area contributed by atoms with Crippen LogP contribution in [-0.2, 0) is 0 Å². The highest BCUT2D eigenvalue weighted by Crippen LogP contribution is 2.39. The zero-order valence-electron chi connectivity index (χ0n) is 55.3. The predicted molar refractivity (Wildman–Crippen MR) is 213 cm³/mol. The number of hydrogen-bond acceptors (Lipinski definition) is 1. The fourth-order valence-electron chi connectivity index (χ4n) is 6.21.